The number of aliphatic hydroxyl groups is 1. The van der Waals surface area contributed by atoms with Crippen LogP contribution in [0.15, 0.2) is 0 Å². The molecule has 0 heterocycles. The lowest BCUT2D eigenvalue weighted by molar-refractivity contribution is 0.0273. The highest BCUT2D eigenvalue weighted by Gasteiger charge is 2.28. The van der Waals surface area contributed by atoms with Crippen LogP contribution in [-0.2, 0) is 4.74 Å². The van der Waals surface area contributed by atoms with Gasteiger partial charge >= 0.3 is 0 Å². The lowest BCUT2D eigenvalue weighted by Crippen LogP contribution is -2.34. The molecular weight excluding hydrogens is 196 g/mol. The standard InChI is InChI=1S/C11H22O2S/c1-13-8-5-9-14-10-11(12)6-3-2-4-7-11/h12H,2-10H2,1H3. The van der Waals surface area contributed by atoms with Crippen LogP contribution < -0.4 is 0 Å². The molecule has 0 saturated heterocycles. The van der Waals surface area contributed by atoms with E-state index in [1.807, 2.05) is 11.8 Å². The summed E-state index contributed by atoms with van der Waals surface area (Å²) in [5.41, 5.74) is -0.351. The highest BCUT2D eigenvalue weighted by Crippen LogP contribution is 2.30. The third-order valence-corrected chi connectivity index (χ3v) is 4.11. The fraction of sp³-hybridized carbons (Fsp3) is 1.00. The summed E-state index contributed by atoms with van der Waals surface area (Å²) in [6, 6.07) is 0. The first kappa shape index (κ1) is 12.3. The van der Waals surface area contributed by atoms with E-state index in [1.165, 1.54) is 19.3 Å². The summed E-state index contributed by atoms with van der Waals surface area (Å²) in [6.45, 7) is 0.839. The van der Waals surface area contributed by atoms with Gasteiger partial charge in [0.1, 0.15) is 0 Å². The molecule has 0 bridgehead atoms. The van der Waals surface area contributed by atoms with Gasteiger partial charge in [-0.05, 0) is 25.0 Å². The molecule has 0 aliphatic heterocycles. The molecule has 3 heteroatoms. The minimum Gasteiger partial charge on any atom is -0.389 e. The van der Waals surface area contributed by atoms with Crippen LogP contribution in [0, 0.1) is 0 Å². The van der Waals surface area contributed by atoms with Gasteiger partial charge in [0, 0.05) is 19.5 Å². The molecule has 1 saturated carbocycles. The van der Waals surface area contributed by atoms with E-state index < -0.39 is 0 Å². The van der Waals surface area contributed by atoms with Gasteiger partial charge < -0.3 is 9.84 Å². The Hall–Kier alpha value is 0.270. The van der Waals surface area contributed by atoms with Crippen molar-refractivity contribution in [3.63, 3.8) is 0 Å². The number of rotatable bonds is 6. The first-order valence-electron chi connectivity index (χ1n) is 5.56. The molecule has 0 atom stereocenters. The molecule has 1 aliphatic carbocycles. The second-order valence-corrected chi connectivity index (χ2v) is 5.29. The summed E-state index contributed by atoms with van der Waals surface area (Å²) in [7, 11) is 1.74. The number of hydrogen-bond donors (Lipinski definition) is 1. The largest absolute Gasteiger partial charge is 0.389 e. The summed E-state index contributed by atoms with van der Waals surface area (Å²) in [5.74, 6) is 2.02. The van der Waals surface area contributed by atoms with Crippen molar-refractivity contribution in [1.29, 1.82) is 0 Å². The summed E-state index contributed by atoms with van der Waals surface area (Å²) < 4.78 is 4.98. The average Bonchev–Trinajstić information content (AvgIpc) is 2.18. The van der Waals surface area contributed by atoms with Crippen LogP contribution in [0.4, 0.5) is 0 Å². The average molecular weight is 218 g/mol. The van der Waals surface area contributed by atoms with E-state index in [0.29, 0.717) is 0 Å². The second-order valence-electron chi connectivity index (χ2n) is 4.18. The first-order chi connectivity index (χ1) is 6.77. The molecule has 1 fully saturated rings. The zero-order valence-electron chi connectivity index (χ0n) is 9.13. The van der Waals surface area contributed by atoms with Crippen molar-refractivity contribution in [2.45, 2.75) is 44.1 Å². The SMILES string of the molecule is COCCCSCC1(O)CCCCC1. The van der Waals surface area contributed by atoms with Crippen molar-refractivity contribution < 1.29 is 9.84 Å². The molecule has 1 rings (SSSR count). The van der Waals surface area contributed by atoms with E-state index in [-0.39, 0.29) is 5.60 Å². The Morgan fingerprint density at radius 2 is 2.00 bits per heavy atom. The summed E-state index contributed by atoms with van der Waals surface area (Å²) in [6.07, 6.45) is 6.81. The van der Waals surface area contributed by atoms with Crippen LogP contribution in [0.1, 0.15) is 38.5 Å². The number of thioether (sulfide) groups is 1. The van der Waals surface area contributed by atoms with Crippen LogP contribution in [-0.4, -0.2) is 35.9 Å². The monoisotopic (exact) mass is 218 g/mol. The highest BCUT2D eigenvalue weighted by atomic mass is 32.2. The summed E-state index contributed by atoms with van der Waals surface area (Å²) in [5, 5.41) is 10.2. The molecule has 0 amide bonds. The zero-order chi connectivity index (χ0) is 10.3. The molecule has 0 aromatic carbocycles. The molecule has 0 aromatic rings. The van der Waals surface area contributed by atoms with Gasteiger partial charge in [0.2, 0.25) is 0 Å². The van der Waals surface area contributed by atoms with Crippen molar-refractivity contribution in [2.75, 3.05) is 25.2 Å². The van der Waals surface area contributed by atoms with Crippen molar-refractivity contribution >= 4 is 11.8 Å². The predicted octanol–water partition coefficient (Wildman–Crippen LogP) is 2.45. The Kier molecular flexibility index (Phi) is 5.90. The van der Waals surface area contributed by atoms with Crippen LogP contribution in [0.3, 0.4) is 0 Å². The van der Waals surface area contributed by atoms with Crippen molar-refractivity contribution in [1.82, 2.24) is 0 Å². The minimum atomic E-state index is -0.351. The van der Waals surface area contributed by atoms with E-state index >= 15 is 0 Å². The zero-order valence-corrected chi connectivity index (χ0v) is 9.94. The van der Waals surface area contributed by atoms with E-state index in [9.17, 15) is 5.11 Å². The van der Waals surface area contributed by atoms with Gasteiger partial charge in [-0.15, -0.1) is 0 Å². The van der Waals surface area contributed by atoms with Gasteiger partial charge in [0.15, 0.2) is 0 Å². The van der Waals surface area contributed by atoms with E-state index in [2.05, 4.69) is 0 Å². The van der Waals surface area contributed by atoms with Crippen molar-refractivity contribution in [2.24, 2.45) is 0 Å². The van der Waals surface area contributed by atoms with Gasteiger partial charge in [0.25, 0.3) is 0 Å². The smallest absolute Gasteiger partial charge is 0.0737 e. The topological polar surface area (TPSA) is 29.5 Å². The fourth-order valence-electron chi connectivity index (χ4n) is 1.92. The Morgan fingerprint density at radius 1 is 1.29 bits per heavy atom. The number of ether oxygens (including phenoxy) is 1. The quantitative estimate of drug-likeness (QED) is 0.694. The van der Waals surface area contributed by atoms with Gasteiger partial charge in [-0.3, -0.25) is 0 Å². The molecule has 1 aliphatic rings. The van der Waals surface area contributed by atoms with Crippen LogP contribution in [0.5, 0.6) is 0 Å². The molecule has 0 radical (unpaired) electrons. The maximum absolute atomic E-state index is 10.2. The summed E-state index contributed by atoms with van der Waals surface area (Å²) >= 11 is 1.87. The molecule has 1 N–H and O–H groups in total. The summed E-state index contributed by atoms with van der Waals surface area (Å²) in [4.78, 5) is 0. The Bertz CT molecular complexity index is 144. The van der Waals surface area contributed by atoms with Gasteiger partial charge in [-0.2, -0.15) is 11.8 Å². The molecule has 2 nitrogen and oxygen atoms in total. The first-order valence-corrected chi connectivity index (χ1v) is 6.71. The van der Waals surface area contributed by atoms with Crippen LogP contribution >= 0.6 is 11.8 Å². The highest BCUT2D eigenvalue weighted by molar-refractivity contribution is 7.99. The number of hydrogen-bond acceptors (Lipinski definition) is 3. The van der Waals surface area contributed by atoms with Crippen LogP contribution in [0.2, 0.25) is 0 Å². The molecule has 0 spiro atoms. The van der Waals surface area contributed by atoms with Gasteiger partial charge in [0.05, 0.1) is 5.60 Å². The van der Waals surface area contributed by atoms with Crippen molar-refractivity contribution in [3.8, 4) is 0 Å². The fourth-order valence-corrected chi connectivity index (χ4v) is 3.06. The normalized spacial score (nSPS) is 21.0. The van der Waals surface area contributed by atoms with Crippen LogP contribution in [0.25, 0.3) is 0 Å². The molecule has 14 heavy (non-hydrogen) atoms. The van der Waals surface area contributed by atoms with Gasteiger partial charge in [-0.1, -0.05) is 19.3 Å². The third kappa shape index (κ3) is 4.67. The molecule has 84 valence electrons. The maximum Gasteiger partial charge on any atom is 0.0737 e. The molecule has 0 aromatic heterocycles. The van der Waals surface area contributed by atoms with E-state index in [4.69, 9.17) is 4.74 Å². The Labute approximate surface area is 91.4 Å². The minimum absolute atomic E-state index is 0.351. The number of methoxy groups -OCH3 is 1. The van der Waals surface area contributed by atoms with Crippen molar-refractivity contribution in [3.05, 3.63) is 0 Å². The Morgan fingerprint density at radius 3 is 2.64 bits per heavy atom. The third-order valence-electron chi connectivity index (χ3n) is 2.79. The van der Waals surface area contributed by atoms with E-state index in [1.54, 1.807) is 7.11 Å². The predicted molar refractivity (Wildman–Crippen MR) is 61.9 cm³/mol. The lowest BCUT2D eigenvalue weighted by atomic mass is 9.86. The van der Waals surface area contributed by atoms with Gasteiger partial charge in [-0.25, -0.2) is 0 Å². The molecule has 0 unspecified atom stereocenters. The Balaban J connectivity index is 2.03. The lowest BCUT2D eigenvalue weighted by Gasteiger charge is -2.31. The maximum atomic E-state index is 10.2. The second kappa shape index (κ2) is 6.70. The molecular formula is C11H22O2S. The van der Waals surface area contributed by atoms with E-state index in [0.717, 1.165) is 37.4 Å².